The fraction of sp³-hybridized carbons (Fsp3) is 0.385. The van der Waals surface area contributed by atoms with Gasteiger partial charge in [-0.05, 0) is 30.2 Å². The van der Waals surface area contributed by atoms with E-state index >= 15 is 0 Å². The quantitative estimate of drug-likeness (QED) is 0.872. The summed E-state index contributed by atoms with van der Waals surface area (Å²) >= 11 is 5.92. The van der Waals surface area contributed by atoms with Gasteiger partial charge in [0.25, 0.3) is 0 Å². The topological polar surface area (TPSA) is 39.2 Å². The minimum atomic E-state index is -0.0452. The van der Waals surface area contributed by atoms with Crippen molar-refractivity contribution in [2.45, 2.75) is 26.3 Å². The van der Waals surface area contributed by atoms with Crippen LogP contribution in [0.3, 0.4) is 0 Å². The van der Waals surface area contributed by atoms with E-state index in [4.69, 9.17) is 21.8 Å². The summed E-state index contributed by atoms with van der Waals surface area (Å²) in [6.45, 7) is 4.26. The van der Waals surface area contributed by atoms with Crippen LogP contribution in [0.5, 0.6) is 0 Å². The lowest BCUT2D eigenvalue weighted by molar-refractivity contribution is 0.388. The Bertz CT molecular complexity index is 492. The molecule has 3 heteroatoms. The first-order chi connectivity index (χ1) is 7.61. The largest absolute Gasteiger partial charge is 0.459 e. The minimum Gasteiger partial charge on any atom is -0.459 e. The van der Waals surface area contributed by atoms with Gasteiger partial charge >= 0.3 is 0 Å². The zero-order valence-electron chi connectivity index (χ0n) is 9.53. The summed E-state index contributed by atoms with van der Waals surface area (Å²) < 4.78 is 5.72. The Kier molecular flexibility index (Phi) is 3.22. The first kappa shape index (κ1) is 11.5. The molecule has 1 aromatic carbocycles. The molecule has 2 N–H and O–H groups in total. The minimum absolute atomic E-state index is 0.0452. The third-order valence-corrected chi connectivity index (χ3v) is 3.32. The summed E-state index contributed by atoms with van der Waals surface area (Å²) in [4.78, 5) is 0. The highest BCUT2D eigenvalue weighted by atomic mass is 35.5. The van der Waals surface area contributed by atoms with Crippen LogP contribution in [0.4, 0.5) is 0 Å². The molecule has 0 spiro atoms. The molecule has 86 valence electrons. The molecule has 2 unspecified atom stereocenters. The van der Waals surface area contributed by atoms with Gasteiger partial charge in [0.1, 0.15) is 11.3 Å². The van der Waals surface area contributed by atoms with Gasteiger partial charge in [-0.3, -0.25) is 0 Å². The molecule has 0 radical (unpaired) electrons. The molecule has 0 fully saturated rings. The van der Waals surface area contributed by atoms with E-state index in [0.717, 1.165) is 28.2 Å². The van der Waals surface area contributed by atoms with E-state index in [2.05, 4.69) is 13.8 Å². The van der Waals surface area contributed by atoms with E-state index in [9.17, 15) is 0 Å². The van der Waals surface area contributed by atoms with Crippen molar-refractivity contribution in [2.75, 3.05) is 0 Å². The second-order valence-corrected chi connectivity index (χ2v) is 4.68. The van der Waals surface area contributed by atoms with Crippen molar-refractivity contribution < 1.29 is 4.42 Å². The summed E-state index contributed by atoms with van der Waals surface area (Å²) in [5, 5.41) is 1.73. The molecule has 1 aromatic heterocycles. The highest BCUT2D eigenvalue weighted by molar-refractivity contribution is 6.31. The van der Waals surface area contributed by atoms with E-state index in [-0.39, 0.29) is 6.04 Å². The second kappa shape index (κ2) is 4.48. The number of fused-ring (bicyclic) bond motifs is 1. The molecule has 0 aliphatic rings. The van der Waals surface area contributed by atoms with Crippen LogP contribution >= 0.6 is 11.6 Å². The Morgan fingerprint density at radius 1 is 1.38 bits per heavy atom. The van der Waals surface area contributed by atoms with Crippen LogP contribution in [0.15, 0.2) is 28.7 Å². The summed E-state index contributed by atoms with van der Waals surface area (Å²) in [5.74, 6) is 1.25. The third kappa shape index (κ3) is 2.08. The van der Waals surface area contributed by atoms with Gasteiger partial charge in [0.2, 0.25) is 0 Å². The molecule has 0 aliphatic carbocycles. The molecule has 0 amide bonds. The number of hydrogen-bond acceptors (Lipinski definition) is 2. The van der Waals surface area contributed by atoms with Crippen LogP contribution in [-0.4, -0.2) is 0 Å². The van der Waals surface area contributed by atoms with E-state index in [0.29, 0.717) is 5.92 Å². The third-order valence-electron chi connectivity index (χ3n) is 3.08. The summed E-state index contributed by atoms with van der Waals surface area (Å²) in [7, 11) is 0. The highest BCUT2D eigenvalue weighted by Crippen LogP contribution is 2.29. The second-order valence-electron chi connectivity index (χ2n) is 4.24. The first-order valence-electron chi connectivity index (χ1n) is 5.56. The zero-order valence-corrected chi connectivity index (χ0v) is 10.3. The predicted molar refractivity (Wildman–Crippen MR) is 67.6 cm³/mol. The van der Waals surface area contributed by atoms with Crippen molar-refractivity contribution in [3.05, 3.63) is 35.0 Å². The van der Waals surface area contributed by atoms with Crippen LogP contribution in [0.2, 0.25) is 5.02 Å². The van der Waals surface area contributed by atoms with Crippen LogP contribution < -0.4 is 5.73 Å². The standard InChI is InChI=1S/C13H16ClNO/c1-3-8(2)13(15)12-7-9-6-10(14)4-5-11(9)16-12/h4-8,13H,3,15H2,1-2H3. The molecular weight excluding hydrogens is 222 g/mol. The fourth-order valence-electron chi connectivity index (χ4n) is 1.73. The van der Waals surface area contributed by atoms with Crippen LogP contribution in [0, 0.1) is 5.92 Å². The van der Waals surface area contributed by atoms with E-state index in [1.807, 2.05) is 24.3 Å². The van der Waals surface area contributed by atoms with Crippen LogP contribution in [0.25, 0.3) is 11.0 Å². The van der Waals surface area contributed by atoms with E-state index in [1.165, 1.54) is 0 Å². The van der Waals surface area contributed by atoms with Gasteiger partial charge in [0.05, 0.1) is 6.04 Å². The fourth-order valence-corrected chi connectivity index (χ4v) is 1.91. The first-order valence-corrected chi connectivity index (χ1v) is 5.94. The molecule has 0 bridgehead atoms. The van der Waals surface area contributed by atoms with Crippen molar-refractivity contribution in [2.24, 2.45) is 11.7 Å². The van der Waals surface area contributed by atoms with Gasteiger partial charge in [-0.15, -0.1) is 0 Å². The van der Waals surface area contributed by atoms with Crippen molar-refractivity contribution in [1.82, 2.24) is 0 Å². The Morgan fingerprint density at radius 2 is 2.12 bits per heavy atom. The number of halogens is 1. The van der Waals surface area contributed by atoms with E-state index in [1.54, 1.807) is 0 Å². The maximum Gasteiger partial charge on any atom is 0.134 e. The monoisotopic (exact) mass is 237 g/mol. The molecule has 0 saturated carbocycles. The molecule has 2 nitrogen and oxygen atoms in total. The molecule has 0 aliphatic heterocycles. The van der Waals surface area contributed by atoms with Gasteiger partial charge in [0.15, 0.2) is 0 Å². The maximum absolute atomic E-state index is 6.12. The predicted octanol–water partition coefficient (Wildman–Crippen LogP) is 4.13. The van der Waals surface area contributed by atoms with Gasteiger partial charge in [-0.2, -0.15) is 0 Å². The highest BCUT2D eigenvalue weighted by Gasteiger charge is 2.17. The van der Waals surface area contributed by atoms with Crippen molar-refractivity contribution in [1.29, 1.82) is 0 Å². The van der Waals surface area contributed by atoms with Gasteiger partial charge in [-0.1, -0.05) is 31.9 Å². The number of nitrogens with two attached hydrogens (primary N) is 1. The van der Waals surface area contributed by atoms with Crippen LogP contribution in [0.1, 0.15) is 32.1 Å². The summed E-state index contributed by atoms with van der Waals surface area (Å²) in [6.07, 6.45) is 1.04. The molecule has 1 heterocycles. The normalized spacial score (nSPS) is 15.2. The van der Waals surface area contributed by atoms with Gasteiger partial charge in [-0.25, -0.2) is 0 Å². The lowest BCUT2D eigenvalue weighted by atomic mass is 9.98. The number of furan rings is 1. The molecule has 2 aromatic rings. The van der Waals surface area contributed by atoms with Crippen molar-refractivity contribution in [3.8, 4) is 0 Å². The number of rotatable bonds is 3. The zero-order chi connectivity index (χ0) is 11.7. The summed E-state index contributed by atoms with van der Waals surface area (Å²) in [6, 6.07) is 7.54. The Hall–Kier alpha value is -0.990. The number of benzene rings is 1. The molecular formula is C13H16ClNO. The molecule has 0 saturated heterocycles. The van der Waals surface area contributed by atoms with Crippen LogP contribution in [-0.2, 0) is 0 Å². The number of hydrogen-bond donors (Lipinski definition) is 1. The molecule has 16 heavy (non-hydrogen) atoms. The average Bonchev–Trinajstić information content (AvgIpc) is 2.69. The Morgan fingerprint density at radius 3 is 2.81 bits per heavy atom. The average molecular weight is 238 g/mol. The van der Waals surface area contributed by atoms with Gasteiger partial charge in [0, 0.05) is 10.4 Å². The summed E-state index contributed by atoms with van der Waals surface area (Å²) in [5.41, 5.74) is 6.97. The Labute approximate surface area is 100 Å². The smallest absolute Gasteiger partial charge is 0.134 e. The van der Waals surface area contributed by atoms with Gasteiger partial charge < -0.3 is 10.2 Å². The maximum atomic E-state index is 6.12. The Balaban J connectivity index is 2.39. The lowest BCUT2D eigenvalue weighted by Crippen LogP contribution is -2.17. The lowest BCUT2D eigenvalue weighted by Gasteiger charge is -2.15. The molecule has 2 atom stereocenters. The van der Waals surface area contributed by atoms with Crippen molar-refractivity contribution >= 4 is 22.6 Å². The van der Waals surface area contributed by atoms with E-state index < -0.39 is 0 Å². The SMILES string of the molecule is CCC(C)C(N)c1cc2cc(Cl)ccc2o1. The molecule has 2 rings (SSSR count). The van der Waals surface area contributed by atoms with Crippen molar-refractivity contribution in [3.63, 3.8) is 0 Å².